The number of nitrogens with zero attached hydrogens (tertiary/aromatic N) is 2. The van der Waals surface area contributed by atoms with Gasteiger partial charge < -0.3 is 20.9 Å². The molecule has 3 N–H and O–H groups in total. The van der Waals surface area contributed by atoms with Gasteiger partial charge in [0.1, 0.15) is 0 Å². The molecule has 0 saturated carbocycles. The Hall–Kier alpha value is -1.34. The van der Waals surface area contributed by atoms with E-state index in [0.29, 0.717) is 30.6 Å². The first-order valence-electron chi connectivity index (χ1n) is 7.68. The van der Waals surface area contributed by atoms with E-state index in [9.17, 15) is 9.59 Å². The number of carbonyl (C=O) groups is 2. The van der Waals surface area contributed by atoms with Crippen LogP contribution in [0.5, 0.6) is 0 Å². The Morgan fingerprint density at radius 3 is 2.21 bits per heavy atom. The van der Waals surface area contributed by atoms with Gasteiger partial charge in [-0.05, 0) is 44.3 Å². The average Bonchev–Trinajstić information content (AvgIpc) is 2.54. The highest BCUT2D eigenvalue weighted by molar-refractivity contribution is 5.95. The first-order valence-corrected chi connectivity index (χ1v) is 7.68. The quantitative estimate of drug-likeness (QED) is 0.817. The average molecular weight is 377 g/mol. The Morgan fingerprint density at radius 1 is 1.08 bits per heavy atom. The van der Waals surface area contributed by atoms with Crippen molar-refractivity contribution in [2.75, 3.05) is 45.1 Å². The zero-order chi connectivity index (χ0) is 15.9. The van der Waals surface area contributed by atoms with Gasteiger partial charge >= 0.3 is 0 Å². The number of hydrogen-bond acceptors (Lipinski definition) is 4. The van der Waals surface area contributed by atoms with Gasteiger partial charge in [-0.2, -0.15) is 0 Å². The van der Waals surface area contributed by atoms with E-state index in [2.05, 4.69) is 17.3 Å². The predicted molar refractivity (Wildman–Crippen MR) is 101 cm³/mol. The van der Waals surface area contributed by atoms with Crippen molar-refractivity contribution in [3.63, 3.8) is 0 Å². The van der Waals surface area contributed by atoms with Crippen LogP contribution in [0.25, 0.3) is 0 Å². The summed E-state index contributed by atoms with van der Waals surface area (Å²) in [4.78, 5) is 28.1. The van der Waals surface area contributed by atoms with E-state index in [0.717, 1.165) is 26.2 Å². The van der Waals surface area contributed by atoms with E-state index in [1.807, 2.05) is 4.90 Å². The van der Waals surface area contributed by atoms with Crippen LogP contribution in [0.2, 0.25) is 0 Å². The molecule has 1 heterocycles. The number of nitrogens with one attached hydrogen (secondary N) is 1. The number of halogens is 2. The van der Waals surface area contributed by atoms with Gasteiger partial charge in [-0.1, -0.05) is 0 Å². The Kier molecular flexibility index (Phi) is 10.6. The van der Waals surface area contributed by atoms with E-state index in [4.69, 9.17) is 5.73 Å². The first kappa shape index (κ1) is 22.7. The van der Waals surface area contributed by atoms with E-state index in [-0.39, 0.29) is 36.6 Å². The molecule has 24 heavy (non-hydrogen) atoms. The number of piperazine rings is 1. The molecule has 0 radical (unpaired) electrons. The zero-order valence-corrected chi connectivity index (χ0v) is 15.5. The van der Waals surface area contributed by atoms with Gasteiger partial charge in [0, 0.05) is 43.9 Å². The number of likely N-dealkylation sites (N-methyl/N-ethyl adjacent to an activating group) is 1. The lowest BCUT2D eigenvalue weighted by Gasteiger charge is -2.32. The fourth-order valence-corrected chi connectivity index (χ4v) is 2.37. The molecule has 6 nitrogen and oxygen atoms in total. The molecule has 8 heteroatoms. The minimum absolute atomic E-state index is 0. The molecule has 2 rings (SSSR count). The number of carbonyl (C=O) groups excluding carboxylic acids is 2. The van der Waals surface area contributed by atoms with Crippen LogP contribution in [0.4, 0.5) is 5.69 Å². The van der Waals surface area contributed by atoms with Crippen LogP contribution in [0.15, 0.2) is 24.3 Å². The van der Waals surface area contributed by atoms with Crippen LogP contribution in [-0.4, -0.2) is 61.4 Å². The second-order valence-corrected chi connectivity index (χ2v) is 5.61. The van der Waals surface area contributed by atoms with Crippen molar-refractivity contribution < 1.29 is 9.59 Å². The van der Waals surface area contributed by atoms with Gasteiger partial charge in [0.25, 0.3) is 5.91 Å². The molecule has 1 saturated heterocycles. The smallest absolute Gasteiger partial charge is 0.253 e. The molecule has 2 amide bonds. The Morgan fingerprint density at radius 2 is 1.67 bits per heavy atom. The second kappa shape index (κ2) is 11.3. The molecule has 0 atom stereocenters. The van der Waals surface area contributed by atoms with E-state index >= 15 is 0 Å². The maximum absolute atomic E-state index is 12.4. The number of nitrogens with two attached hydrogens (primary N) is 1. The van der Waals surface area contributed by atoms with E-state index in [1.54, 1.807) is 24.3 Å². The molecule has 1 fully saturated rings. The lowest BCUT2D eigenvalue weighted by molar-refractivity contribution is -0.116. The Balaban J connectivity index is 0.00000264. The molecule has 136 valence electrons. The highest BCUT2D eigenvalue weighted by Gasteiger charge is 2.20. The molecule has 0 bridgehead atoms. The maximum Gasteiger partial charge on any atom is 0.253 e. The minimum Gasteiger partial charge on any atom is -0.336 e. The molecule has 1 aromatic carbocycles. The van der Waals surface area contributed by atoms with Crippen molar-refractivity contribution >= 4 is 42.3 Å². The van der Waals surface area contributed by atoms with Gasteiger partial charge in [0.05, 0.1) is 0 Å². The lowest BCUT2D eigenvalue weighted by Crippen LogP contribution is -2.47. The fourth-order valence-electron chi connectivity index (χ4n) is 2.37. The van der Waals surface area contributed by atoms with Crippen molar-refractivity contribution in [3.8, 4) is 0 Å². The number of anilines is 1. The van der Waals surface area contributed by atoms with Crippen molar-refractivity contribution in [2.45, 2.75) is 12.8 Å². The van der Waals surface area contributed by atoms with Gasteiger partial charge in [-0.3, -0.25) is 9.59 Å². The van der Waals surface area contributed by atoms with Crippen molar-refractivity contribution in [3.05, 3.63) is 29.8 Å². The highest BCUT2D eigenvalue weighted by atomic mass is 35.5. The summed E-state index contributed by atoms with van der Waals surface area (Å²) in [5, 5.41) is 2.80. The number of rotatable bonds is 5. The summed E-state index contributed by atoms with van der Waals surface area (Å²) in [7, 11) is 2.06. The standard InChI is InChI=1S/C16H24N4O2.2ClH/c1-19-9-11-20(12-10-19)16(22)13-4-6-14(7-5-13)18-15(21)3-2-8-17;;/h4-7H,2-3,8-12,17H2,1H3,(H,18,21);2*1H. The summed E-state index contributed by atoms with van der Waals surface area (Å²) in [6.07, 6.45) is 1.09. The zero-order valence-electron chi connectivity index (χ0n) is 13.9. The van der Waals surface area contributed by atoms with Crippen LogP contribution >= 0.6 is 24.8 Å². The Bertz CT molecular complexity index is 517. The minimum atomic E-state index is -0.0522. The van der Waals surface area contributed by atoms with Crippen LogP contribution in [0.1, 0.15) is 23.2 Å². The summed E-state index contributed by atoms with van der Waals surface area (Å²) < 4.78 is 0. The molecule has 0 aliphatic carbocycles. The molecule has 0 spiro atoms. The summed E-state index contributed by atoms with van der Waals surface area (Å²) in [6, 6.07) is 7.06. The van der Waals surface area contributed by atoms with Crippen LogP contribution in [0, 0.1) is 0 Å². The second-order valence-electron chi connectivity index (χ2n) is 5.61. The molecule has 1 aliphatic heterocycles. The maximum atomic E-state index is 12.4. The van der Waals surface area contributed by atoms with E-state index in [1.165, 1.54) is 0 Å². The van der Waals surface area contributed by atoms with Crippen molar-refractivity contribution in [1.82, 2.24) is 9.80 Å². The normalized spacial score (nSPS) is 14.3. The topological polar surface area (TPSA) is 78.7 Å². The molecule has 1 aliphatic rings. The molecule has 1 aromatic rings. The monoisotopic (exact) mass is 376 g/mol. The van der Waals surface area contributed by atoms with Crippen molar-refractivity contribution in [2.24, 2.45) is 5.73 Å². The largest absolute Gasteiger partial charge is 0.336 e. The fraction of sp³-hybridized carbons (Fsp3) is 0.500. The highest BCUT2D eigenvalue weighted by Crippen LogP contribution is 2.13. The molecular weight excluding hydrogens is 351 g/mol. The van der Waals surface area contributed by atoms with Crippen molar-refractivity contribution in [1.29, 1.82) is 0 Å². The SMILES string of the molecule is CN1CCN(C(=O)c2ccc(NC(=O)CCCN)cc2)CC1.Cl.Cl. The third-order valence-corrected chi connectivity index (χ3v) is 3.81. The van der Waals surface area contributed by atoms with Gasteiger partial charge in [-0.25, -0.2) is 0 Å². The van der Waals surface area contributed by atoms with Crippen LogP contribution in [-0.2, 0) is 4.79 Å². The summed E-state index contributed by atoms with van der Waals surface area (Å²) in [6.45, 7) is 3.83. The summed E-state index contributed by atoms with van der Waals surface area (Å²) in [5.74, 6) is -0.00213. The summed E-state index contributed by atoms with van der Waals surface area (Å²) >= 11 is 0. The third-order valence-electron chi connectivity index (χ3n) is 3.81. The lowest BCUT2D eigenvalue weighted by atomic mass is 10.1. The van der Waals surface area contributed by atoms with Crippen LogP contribution in [0.3, 0.4) is 0 Å². The number of hydrogen-bond donors (Lipinski definition) is 2. The predicted octanol–water partition coefficient (Wildman–Crippen LogP) is 1.60. The molecular formula is C16H26Cl2N4O2. The first-order chi connectivity index (χ1) is 10.6. The molecule has 0 aromatic heterocycles. The van der Waals surface area contributed by atoms with Gasteiger partial charge in [-0.15, -0.1) is 24.8 Å². The van der Waals surface area contributed by atoms with Gasteiger partial charge in [0.15, 0.2) is 0 Å². The van der Waals surface area contributed by atoms with E-state index < -0.39 is 0 Å². The number of benzene rings is 1. The van der Waals surface area contributed by atoms with Gasteiger partial charge in [0.2, 0.25) is 5.91 Å². The van der Waals surface area contributed by atoms with Crippen LogP contribution < -0.4 is 11.1 Å². The Labute approximate surface area is 155 Å². The molecule has 0 unspecified atom stereocenters. The summed E-state index contributed by atoms with van der Waals surface area (Å²) in [5.41, 5.74) is 6.74. The third kappa shape index (κ3) is 6.65. The number of amides is 2.